The predicted octanol–water partition coefficient (Wildman–Crippen LogP) is 3.48. The highest BCUT2D eigenvalue weighted by Gasteiger charge is 2.33. The second-order valence-corrected chi connectivity index (χ2v) is 9.80. The fourth-order valence-corrected chi connectivity index (χ4v) is 5.71. The molecule has 2 aromatic rings. The summed E-state index contributed by atoms with van der Waals surface area (Å²) in [5, 5.41) is 2.73. The van der Waals surface area contributed by atoms with Crippen molar-refractivity contribution in [3.63, 3.8) is 0 Å². The molecule has 168 valence electrons. The molecule has 2 N–H and O–H groups in total. The number of anilines is 1. The van der Waals surface area contributed by atoms with Gasteiger partial charge < -0.3 is 15.0 Å². The lowest BCUT2D eigenvalue weighted by Gasteiger charge is -2.29. The molecule has 3 rings (SSSR count). The number of nitrogens with one attached hydrogen (secondary N) is 2. The topological polar surface area (TPSA) is 109 Å². The average Bonchev–Trinajstić information content (AvgIpc) is 3.03. The number of sulfonamides is 1. The van der Waals surface area contributed by atoms with Gasteiger partial charge in [0.15, 0.2) is 0 Å². The van der Waals surface area contributed by atoms with E-state index in [-0.39, 0.29) is 17.2 Å². The van der Waals surface area contributed by atoms with Crippen molar-refractivity contribution < 1.29 is 22.7 Å². The first-order valence-electron chi connectivity index (χ1n) is 10.4. The molecule has 0 unspecified atom stereocenters. The number of esters is 1. The number of aromatic nitrogens is 1. The lowest BCUT2D eigenvalue weighted by molar-refractivity contribution is 0.0526. The first kappa shape index (κ1) is 23.0. The van der Waals surface area contributed by atoms with Gasteiger partial charge in [0.1, 0.15) is 10.6 Å². The minimum Gasteiger partial charge on any atom is -0.462 e. The lowest BCUT2D eigenvalue weighted by atomic mass is 10.0. The van der Waals surface area contributed by atoms with Crippen molar-refractivity contribution in [1.82, 2.24) is 9.29 Å². The maximum absolute atomic E-state index is 13.2. The molecule has 0 radical (unpaired) electrons. The highest BCUT2D eigenvalue weighted by atomic mass is 32.2. The smallest absolute Gasteiger partial charge is 0.338 e. The monoisotopic (exact) mass is 447 g/mol. The van der Waals surface area contributed by atoms with Gasteiger partial charge >= 0.3 is 5.97 Å². The van der Waals surface area contributed by atoms with E-state index < -0.39 is 21.9 Å². The van der Waals surface area contributed by atoms with E-state index >= 15 is 0 Å². The minimum absolute atomic E-state index is 0.160. The van der Waals surface area contributed by atoms with Crippen LogP contribution in [-0.2, 0) is 14.8 Å². The van der Waals surface area contributed by atoms with Crippen LogP contribution < -0.4 is 5.32 Å². The molecule has 1 aliphatic rings. The number of carbonyl (C=O) groups is 2. The van der Waals surface area contributed by atoms with E-state index in [1.54, 1.807) is 39.0 Å². The Morgan fingerprint density at radius 2 is 1.90 bits per heavy atom. The van der Waals surface area contributed by atoms with Gasteiger partial charge in [0.2, 0.25) is 10.0 Å². The van der Waals surface area contributed by atoms with Gasteiger partial charge in [-0.1, -0.05) is 13.0 Å². The summed E-state index contributed by atoms with van der Waals surface area (Å²) in [6.45, 7) is 8.35. The highest BCUT2D eigenvalue weighted by molar-refractivity contribution is 7.89. The molecular formula is C22H29N3O5S. The summed E-state index contributed by atoms with van der Waals surface area (Å²) >= 11 is 0. The van der Waals surface area contributed by atoms with Crippen LogP contribution in [0.2, 0.25) is 0 Å². The van der Waals surface area contributed by atoms with Crippen LogP contribution in [0.15, 0.2) is 29.2 Å². The van der Waals surface area contributed by atoms with Crippen molar-refractivity contribution >= 4 is 27.6 Å². The zero-order chi connectivity index (χ0) is 22.8. The third-order valence-electron chi connectivity index (χ3n) is 5.57. The van der Waals surface area contributed by atoms with Crippen molar-refractivity contribution in [2.24, 2.45) is 5.92 Å². The van der Waals surface area contributed by atoms with E-state index in [1.807, 2.05) is 0 Å². The van der Waals surface area contributed by atoms with Gasteiger partial charge in [0.05, 0.1) is 12.2 Å². The number of hydrogen-bond acceptors (Lipinski definition) is 5. The van der Waals surface area contributed by atoms with E-state index in [0.717, 1.165) is 12.8 Å². The first-order valence-corrected chi connectivity index (χ1v) is 11.9. The molecule has 0 saturated carbocycles. The van der Waals surface area contributed by atoms with Crippen LogP contribution in [0.5, 0.6) is 0 Å². The van der Waals surface area contributed by atoms with Crippen LogP contribution in [0.25, 0.3) is 0 Å². The fraction of sp³-hybridized carbons (Fsp3) is 0.455. The highest BCUT2D eigenvalue weighted by Crippen LogP contribution is 2.30. The number of nitrogens with zero attached hydrogens (tertiary/aromatic N) is 1. The van der Waals surface area contributed by atoms with Gasteiger partial charge in [-0.2, -0.15) is 4.31 Å². The van der Waals surface area contributed by atoms with Crippen LogP contribution in [0, 0.1) is 19.8 Å². The molecule has 0 atom stereocenters. The summed E-state index contributed by atoms with van der Waals surface area (Å²) < 4.78 is 33.0. The Labute approximate surface area is 183 Å². The summed E-state index contributed by atoms with van der Waals surface area (Å²) in [5.41, 5.74) is 1.73. The molecule has 8 nitrogen and oxygen atoms in total. The Morgan fingerprint density at radius 1 is 1.23 bits per heavy atom. The third kappa shape index (κ3) is 4.83. The van der Waals surface area contributed by atoms with Crippen LogP contribution in [0.3, 0.4) is 0 Å². The number of piperidine rings is 1. The molecular weight excluding hydrogens is 418 g/mol. The number of aromatic amines is 1. The molecule has 1 aromatic heterocycles. The molecule has 1 amide bonds. The van der Waals surface area contributed by atoms with Gasteiger partial charge in [0.25, 0.3) is 5.91 Å². The second-order valence-electron chi connectivity index (χ2n) is 7.92. The number of ether oxygens (including phenoxy) is 1. The predicted molar refractivity (Wildman–Crippen MR) is 118 cm³/mol. The zero-order valence-corrected chi connectivity index (χ0v) is 19.1. The summed E-state index contributed by atoms with van der Waals surface area (Å²) in [5.74, 6) is -0.448. The largest absolute Gasteiger partial charge is 0.462 e. The second kappa shape index (κ2) is 9.23. The number of rotatable bonds is 6. The fourth-order valence-electron chi connectivity index (χ4n) is 3.83. The molecule has 1 aliphatic heterocycles. The Morgan fingerprint density at radius 3 is 2.55 bits per heavy atom. The summed E-state index contributed by atoms with van der Waals surface area (Å²) in [4.78, 5) is 27.9. The quantitative estimate of drug-likeness (QED) is 0.659. The van der Waals surface area contributed by atoms with Gasteiger partial charge in [0, 0.05) is 24.5 Å². The van der Waals surface area contributed by atoms with Crippen LogP contribution >= 0.6 is 0 Å². The zero-order valence-electron chi connectivity index (χ0n) is 18.3. The van der Waals surface area contributed by atoms with Crippen LogP contribution in [-0.4, -0.2) is 49.3 Å². The van der Waals surface area contributed by atoms with Crippen molar-refractivity contribution in [3.8, 4) is 0 Å². The number of H-pyrrole nitrogens is 1. The van der Waals surface area contributed by atoms with Crippen molar-refractivity contribution in [2.45, 2.75) is 45.4 Å². The van der Waals surface area contributed by atoms with E-state index in [4.69, 9.17) is 4.74 Å². The minimum atomic E-state index is -3.70. The van der Waals surface area contributed by atoms with Gasteiger partial charge in [-0.15, -0.1) is 0 Å². The Hall–Kier alpha value is -2.65. The van der Waals surface area contributed by atoms with E-state index in [9.17, 15) is 18.0 Å². The van der Waals surface area contributed by atoms with Gasteiger partial charge in [-0.05, 0) is 63.3 Å². The van der Waals surface area contributed by atoms with Crippen molar-refractivity contribution in [3.05, 3.63) is 46.8 Å². The first-order chi connectivity index (χ1) is 14.6. The number of hydrogen-bond donors (Lipinski definition) is 2. The molecule has 1 saturated heterocycles. The van der Waals surface area contributed by atoms with E-state index in [2.05, 4.69) is 17.2 Å². The maximum Gasteiger partial charge on any atom is 0.338 e. The third-order valence-corrected chi connectivity index (χ3v) is 7.74. The van der Waals surface area contributed by atoms with Gasteiger partial charge in [-0.3, -0.25) is 4.79 Å². The molecule has 0 aliphatic carbocycles. The SMILES string of the molecule is CCOC(=O)c1cccc(NC(=O)c2[nH]c(C)c(S(=O)(=O)N3CCC(C)CC3)c2C)c1. The maximum atomic E-state index is 13.2. The normalized spacial score (nSPS) is 15.6. The molecule has 1 fully saturated rings. The average molecular weight is 448 g/mol. The molecule has 1 aromatic carbocycles. The number of aryl methyl sites for hydroxylation is 1. The molecule has 0 bridgehead atoms. The molecule has 0 spiro atoms. The summed E-state index contributed by atoms with van der Waals surface area (Å²) in [7, 11) is -3.70. The van der Waals surface area contributed by atoms with E-state index in [0.29, 0.717) is 41.5 Å². The lowest BCUT2D eigenvalue weighted by Crippen LogP contribution is -2.38. The van der Waals surface area contributed by atoms with Crippen LogP contribution in [0.1, 0.15) is 58.8 Å². The standard InChI is InChI=1S/C22H29N3O5S/c1-5-30-22(27)17-7-6-8-18(13-17)24-21(26)19-15(3)20(16(4)23-19)31(28,29)25-11-9-14(2)10-12-25/h6-8,13-14,23H,5,9-12H2,1-4H3,(H,24,26). The van der Waals surface area contributed by atoms with E-state index in [1.165, 1.54) is 10.4 Å². The molecule has 2 heterocycles. The number of carbonyl (C=O) groups excluding carboxylic acids is 2. The number of amides is 1. The Balaban J connectivity index is 1.84. The van der Waals surface area contributed by atoms with Crippen LogP contribution in [0.4, 0.5) is 5.69 Å². The van der Waals surface area contributed by atoms with Crippen molar-refractivity contribution in [2.75, 3.05) is 25.0 Å². The Bertz CT molecular complexity index is 1080. The summed E-state index contributed by atoms with van der Waals surface area (Å²) in [6, 6.07) is 6.41. The molecule has 9 heteroatoms. The van der Waals surface area contributed by atoms with Gasteiger partial charge in [-0.25, -0.2) is 13.2 Å². The summed E-state index contributed by atoms with van der Waals surface area (Å²) in [6.07, 6.45) is 1.65. The van der Waals surface area contributed by atoms with Crippen molar-refractivity contribution in [1.29, 1.82) is 0 Å². The molecule has 31 heavy (non-hydrogen) atoms. The Kier molecular flexibility index (Phi) is 6.86. The number of benzene rings is 1.